The number of nitrogens with one attached hydrogen (secondary N) is 1. The van der Waals surface area contributed by atoms with Crippen molar-refractivity contribution in [3.8, 4) is 11.1 Å². The van der Waals surface area contributed by atoms with Gasteiger partial charge in [0.05, 0.1) is 16.7 Å². The van der Waals surface area contributed by atoms with Crippen LogP contribution in [0.1, 0.15) is 22.3 Å². The molecule has 4 rings (SSSR count). The number of carbonyl (C=O) groups excluding carboxylic acids is 1. The molecule has 1 aliphatic rings. The molecule has 6 heteroatoms. The number of benzene rings is 2. The van der Waals surface area contributed by atoms with E-state index in [9.17, 15) is 9.90 Å². The number of β-amino-alcohol motifs (C(OH)–C–C–N with tert-alkyl or cyclic N) is 1. The van der Waals surface area contributed by atoms with E-state index in [1.807, 2.05) is 48.5 Å². The molecule has 1 fully saturated rings. The zero-order valence-electron chi connectivity index (χ0n) is 15.9. The van der Waals surface area contributed by atoms with Gasteiger partial charge in [0.2, 0.25) is 0 Å². The monoisotopic (exact) mass is 407 g/mol. The maximum absolute atomic E-state index is 12.7. The molecular weight excluding hydrogens is 386 g/mol. The van der Waals surface area contributed by atoms with Crippen LogP contribution in [0, 0.1) is 0 Å². The fourth-order valence-corrected chi connectivity index (χ4v) is 3.86. The second-order valence-electron chi connectivity index (χ2n) is 7.22. The molecule has 1 aliphatic heterocycles. The molecule has 0 bridgehead atoms. The minimum absolute atomic E-state index is 0.238. The fourth-order valence-electron chi connectivity index (χ4n) is 3.54. The van der Waals surface area contributed by atoms with Crippen molar-refractivity contribution in [2.24, 2.45) is 0 Å². The van der Waals surface area contributed by atoms with Gasteiger partial charge in [-0.1, -0.05) is 60.1 Å². The fraction of sp³-hybridized carbons (Fsp3) is 0.217. The minimum atomic E-state index is -0.296. The topological polar surface area (TPSA) is 65.5 Å². The standard InChI is InChI=1S/C23H22ClN3O2/c24-22-19(17-5-2-1-3-6-17)7-4-8-20(22)23(29)26-21-10-9-16(13-25-21)14-27-12-11-18(28)15-27/h1-10,13,18,28H,11-12,14-15H2,(H,25,26,29). The molecule has 1 unspecified atom stereocenters. The Labute approximate surface area is 175 Å². The van der Waals surface area contributed by atoms with Crippen LogP contribution >= 0.6 is 11.6 Å². The molecule has 0 saturated carbocycles. The summed E-state index contributed by atoms with van der Waals surface area (Å²) in [5, 5.41) is 12.9. The maximum Gasteiger partial charge on any atom is 0.258 e. The van der Waals surface area contributed by atoms with Gasteiger partial charge < -0.3 is 10.4 Å². The van der Waals surface area contributed by atoms with Gasteiger partial charge in [-0.15, -0.1) is 0 Å². The van der Waals surface area contributed by atoms with Gasteiger partial charge in [0.15, 0.2) is 0 Å². The van der Waals surface area contributed by atoms with Gasteiger partial charge in [-0.3, -0.25) is 9.69 Å². The lowest BCUT2D eigenvalue weighted by molar-refractivity contribution is 0.102. The highest BCUT2D eigenvalue weighted by atomic mass is 35.5. The van der Waals surface area contributed by atoms with Crippen LogP contribution < -0.4 is 5.32 Å². The molecule has 1 atom stereocenters. The van der Waals surface area contributed by atoms with E-state index in [0.29, 0.717) is 22.9 Å². The number of anilines is 1. The first-order chi connectivity index (χ1) is 14.1. The minimum Gasteiger partial charge on any atom is -0.392 e. The lowest BCUT2D eigenvalue weighted by Crippen LogP contribution is -2.21. The summed E-state index contributed by atoms with van der Waals surface area (Å²) in [6.45, 7) is 2.31. The predicted molar refractivity (Wildman–Crippen MR) is 115 cm³/mol. The van der Waals surface area contributed by atoms with E-state index in [-0.39, 0.29) is 12.0 Å². The summed E-state index contributed by atoms with van der Waals surface area (Å²) in [6.07, 6.45) is 2.32. The average Bonchev–Trinajstić information content (AvgIpc) is 3.15. The number of aliphatic hydroxyl groups excluding tert-OH is 1. The molecular formula is C23H22ClN3O2. The van der Waals surface area contributed by atoms with Crippen LogP contribution in [0.15, 0.2) is 66.9 Å². The number of amides is 1. The molecule has 1 aromatic heterocycles. The first-order valence-corrected chi connectivity index (χ1v) is 9.98. The Morgan fingerprint density at radius 2 is 1.97 bits per heavy atom. The summed E-state index contributed by atoms with van der Waals surface area (Å²) >= 11 is 6.53. The van der Waals surface area contributed by atoms with E-state index in [1.165, 1.54) is 0 Å². The van der Waals surface area contributed by atoms with Crippen LogP contribution in [0.5, 0.6) is 0 Å². The summed E-state index contributed by atoms with van der Waals surface area (Å²) in [5.41, 5.74) is 3.23. The van der Waals surface area contributed by atoms with Crippen molar-refractivity contribution >= 4 is 23.3 Å². The maximum atomic E-state index is 12.7. The molecule has 1 amide bonds. The van der Waals surface area contributed by atoms with Crippen molar-refractivity contribution in [2.75, 3.05) is 18.4 Å². The largest absolute Gasteiger partial charge is 0.392 e. The predicted octanol–water partition coefficient (Wildman–Crippen LogP) is 4.22. The number of aliphatic hydroxyl groups is 1. The Bertz CT molecular complexity index is 993. The third-order valence-corrected chi connectivity index (χ3v) is 5.46. The molecule has 1 saturated heterocycles. The van der Waals surface area contributed by atoms with Gasteiger partial charge in [-0.05, 0) is 29.7 Å². The van der Waals surface area contributed by atoms with Crippen LogP contribution in [0.4, 0.5) is 5.82 Å². The summed E-state index contributed by atoms with van der Waals surface area (Å²) in [7, 11) is 0. The molecule has 148 valence electrons. The number of rotatable bonds is 5. The van der Waals surface area contributed by atoms with Crippen LogP contribution in [0.2, 0.25) is 5.02 Å². The Balaban J connectivity index is 1.45. The van der Waals surface area contributed by atoms with Crippen LogP contribution in [-0.4, -0.2) is 40.1 Å². The molecule has 2 aromatic carbocycles. The van der Waals surface area contributed by atoms with Crippen molar-refractivity contribution < 1.29 is 9.90 Å². The molecule has 3 aromatic rings. The smallest absolute Gasteiger partial charge is 0.258 e. The molecule has 2 N–H and O–H groups in total. The number of hydrogen-bond acceptors (Lipinski definition) is 4. The van der Waals surface area contributed by atoms with Crippen LogP contribution in [0.25, 0.3) is 11.1 Å². The molecule has 5 nitrogen and oxygen atoms in total. The Morgan fingerprint density at radius 3 is 2.66 bits per heavy atom. The molecule has 0 radical (unpaired) electrons. The van der Waals surface area contributed by atoms with Gasteiger partial charge in [0, 0.05) is 31.4 Å². The van der Waals surface area contributed by atoms with E-state index in [1.54, 1.807) is 18.3 Å². The summed E-state index contributed by atoms with van der Waals surface area (Å²) in [5.74, 6) is 0.178. The van der Waals surface area contributed by atoms with Crippen LogP contribution in [0.3, 0.4) is 0 Å². The van der Waals surface area contributed by atoms with Crippen molar-refractivity contribution in [3.63, 3.8) is 0 Å². The van der Waals surface area contributed by atoms with Crippen molar-refractivity contribution in [2.45, 2.75) is 19.1 Å². The summed E-state index contributed by atoms with van der Waals surface area (Å²) in [4.78, 5) is 19.3. The van der Waals surface area contributed by atoms with Gasteiger partial charge in [-0.2, -0.15) is 0 Å². The number of pyridine rings is 1. The number of aromatic nitrogens is 1. The normalized spacial score (nSPS) is 16.7. The summed E-state index contributed by atoms with van der Waals surface area (Å²) in [6, 6.07) is 18.9. The Kier molecular flexibility index (Phi) is 5.90. The van der Waals surface area contributed by atoms with Crippen molar-refractivity contribution in [1.82, 2.24) is 9.88 Å². The molecule has 0 spiro atoms. The number of nitrogens with zero attached hydrogens (tertiary/aromatic N) is 2. The SMILES string of the molecule is O=C(Nc1ccc(CN2CCC(O)C2)cn1)c1cccc(-c2ccccc2)c1Cl. The number of hydrogen-bond donors (Lipinski definition) is 2. The number of carbonyl (C=O) groups is 1. The second-order valence-corrected chi connectivity index (χ2v) is 7.59. The van der Waals surface area contributed by atoms with E-state index in [4.69, 9.17) is 11.6 Å². The first kappa shape index (κ1) is 19.6. The number of likely N-dealkylation sites (tertiary alicyclic amines) is 1. The third kappa shape index (κ3) is 4.65. The van der Waals surface area contributed by atoms with Crippen LogP contribution in [-0.2, 0) is 6.54 Å². The van der Waals surface area contributed by atoms with E-state index < -0.39 is 0 Å². The van der Waals surface area contributed by atoms with E-state index in [0.717, 1.165) is 36.2 Å². The van der Waals surface area contributed by atoms with Gasteiger partial charge in [-0.25, -0.2) is 4.98 Å². The lowest BCUT2D eigenvalue weighted by Gasteiger charge is -2.15. The van der Waals surface area contributed by atoms with E-state index in [2.05, 4.69) is 15.2 Å². The van der Waals surface area contributed by atoms with Gasteiger partial charge in [0.25, 0.3) is 5.91 Å². The zero-order valence-corrected chi connectivity index (χ0v) is 16.6. The van der Waals surface area contributed by atoms with Crippen molar-refractivity contribution in [3.05, 3.63) is 83.0 Å². The lowest BCUT2D eigenvalue weighted by atomic mass is 10.0. The second kappa shape index (κ2) is 8.74. The number of halogens is 1. The average molecular weight is 408 g/mol. The zero-order chi connectivity index (χ0) is 20.2. The Morgan fingerprint density at radius 1 is 1.14 bits per heavy atom. The molecule has 29 heavy (non-hydrogen) atoms. The van der Waals surface area contributed by atoms with Gasteiger partial charge >= 0.3 is 0 Å². The first-order valence-electron chi connectivity index (χ1n) is 9.61. The summed E-state index contributed by atoms with van der Waals surface area (Å²) < 4.78 is 0. The van der Waals surface area contributed by atoms with Crippen molar-refractivity contribution in [1.29, 1.82) is 0 Å². The molecule has 0 aliphatic carbocycles. The Hall–Kier alpha value is -2.73. The van der Waals surface area contributed by atoms with E-state index >= 15 is 0 Å². The van der Waals surface area contributed by atoms with Gasteiger partial charge in [0.1, 0.15) is 5.82 Å². The highest BCUT2D eigenvalue weighted by Crippen LogP contribution is 2.31. The molecule has 2 heterocycles. The quantitative estimate of drug-likeness (QED) is 0.664. The highest BCUT2D eigenvalue weighted by molar-refractivity contribution is 6.37. The highest BCUT2D eigenvalue weighted by Gasteiger charge is 2.20. The third-order valence-electron chi connectivity index (χ3n) is 5.05.